The molecule has 0 radical (unpaired) electrons. The Balaban J connectivity index is 1.78. The largest absolute Gasteiger partial charge is 0.350 e. The van der Waals surface area contributed by atoms with Gasteiger partial charge in [-0.3, -0.25) is 4.79 Å². The molecule has 0 aliphatic rings. The van der Waals surface area contributed by atoms with Crippen LogP contribution in [0, 0.1) is 0 Å². The molecule has 4 heteroatoms. The summed E-state index contributed by atoms with van der Waals surface area (Å²) in [5.74, 6) is -0.0230. The lowest BCUT2D eigenvalue weighted by atomic mass is 10.0. The molecule has 1 atom stereocenters. The molecule has 0 aliphatic heterocycles. The summed E-state index contributed by atoms with van der Waals surface area (Å²) in [6.07, 6.45) is 0. The molecule has 3 rings (SSSR count). The van der Waals surface area contributed by atoms with Gasteiger partial charge in [0.1, 0.15) is 0 Å². The van der Waals surface area contributed by atoms with Crippen molar-refractivity contribution in [2.45, 2.75) is 6.04 Å². The quantitative estimate of drug-likeness (QED) is 0.771. The molecule has 0 saturated carbocycles. The van der Waals surface area contributed by atoms with Crippen LogP contribution in [0.25, 0.3) is 10.8 Å². The minimum absolute atomic E-state index is 0.0230. The standard InChI is InChI=1S/C19H20N2OS/c1-21(2)17(18-11-6-12-23-18)13-20-19(22)16-10-5-8-14-7-3-4-9-15(14)16/h3-12,17H,13H2,1-2H3,(H,20,22)/t17-/m1/s1. The lowest BCUT2D eigenvalue weighted by Crippen LogP contribution is -2.34. The predicted molar refractivity (Wildman–Crippen MR) is 97.0 cm³/mol. The average Bonchev–Trinajstić information content (AvgIpc) is 3.08. The molecule has 3 nitrogen and oxygen atoms in total. The summed E-state index contributed by atoms with van der Waals surface area (Å²) in [7, 11) is 4.07. The summed E-state index contributed by atoms with van der Waals surface area (Å²) in [6, 6.07) is 18.2. The third-order valence-corrected chi connectivity index (χ3v) is 4.96. The van der Waals surface area contributed by atoms with E-state index < -0.39 is 0 Å². The Kier molecular flexibility index (Phi) is 4.74. The first kappa shape index (κ1) is 15.7. The maximum Gasteiger partial charge on any atom is 0.251 e. The van der Waals surface area contributed by atoms with Gasteiger partial charge in [-0.25, -0.2) is 0 Å². The third kappa shape index (κ3) is 3.44. The first-order valence-corrected chi connectivity index (χ1v) is 8.50. The zero-order valence-corrected chi connectivity index (χ0v) is 14.1. The van der Waals surface area contributed by atoms with Crippen LogP contribution < -0.4 is 5.32 Å². The zero-order chi connectivity index (χ0) is 16.2. The Morgan fingerprint density at radius 3 is 2.61 bits per heavy atom. The number of thiophene rings is 1. The second-order valence-electron chi connectivity index (χ2n) is 5.73. The fraction of sp³-hybridized carbons (Fsp3) is 0.211. The smallest absolute Gasteiger partial charge is 0.251 e. The minimum atomic E-state index is -0.0230. The van der Waals surface area contributed by atoms with E-state index >= 15 is 0 Å². The number of carbonyl (C=O) groups excluding carboxylic acids is 1. The lowest BCUT2D eigenvalue weighted by Gasteiger charge is -2.23. The molecule has 118 valence electrons. The maximum absolute atomic E-state index is 12.6. The maximum atomic E-state index is 12.6. The van der Waals surface area contributed by atoms with E-state index in [2.05, 4.69) is 21.7 Å². The number of likely N-dealkylation sites (N-methyl/N-ethyl adjacent to an activating group) is 1. The van der Waals surface area contributed by atoms with E-state index in [-0.39, 0.29) is 11.9 Å². The van der Waals surface area contributed by atoms with Crippen LogP contribution in [0.15, 0.2) is 60.0 Å². The van der Waals surface area contributed by atoms with Crippen molar-refractivity contribution in [2.24, 2.45) is 0 Å². The van der Waals surface area contributed by atoms with Gasteiger partial charge >= 0.3 is 0 Å². The van der Waals surface area contributed by atoms with E-state index in [9.17, 15) is 4.79 Å². The fourth-order valence-electron chi connectivity index (χ4n) is 2.73. The van der Waals surface area contributed by atoms with Crippen LogP contribution in [-0.4, -0.2) is 31.4 Å². The summed E-state index contributed by atoms with van der Waals surface area (Å²) >= 11 is 1.72. The molecule has 23 heavy (non-hydrogen) atoms. The van der Waals surface area contributed by atoms with Gasteiger partial charge in [0.2, 0.25) is 0 Å². The Morgan fingerprint density at radius 2 is 1.87 bits per heavy atom. The number of nitrogens with zero attached hydrogens (tertiary/aromatic N) is 1. The first-order valence-electron chi connectivity index (χ1n) is 7.62. The number of amides is 1. The van der Waals surface area contributed by atoms with Gasteiger partial charge in [-0.05, 0) is 42.4 Å². The van der Waals surface area contributed by atoms with Crippen LogP contribution in [-0.2, 0) is 0 Å². The van der Waals surface area contributed by atoms with Crippen LogP contribution in [0.2, 0.25) is 0 Å². The van der Waals surface area contributed by atoms with Gasteiger partial charge in [0.25, 0.3) is 5.91 Å². The van der Waals surface area contributed by atoms with Gasteiger partial charge in [0, 0.05) is 17.0 Å². The molecular formula is C19H20N2OS. The van der Waals surface area contributed by atoms with Gasteiger partial charge < -0.3 is 10.2 Å². The van der Waals surface area contributed by atoms with Crippen LogP contribution in [0.4, 0.5) is 0 Å². The van der Waals surface area contributed by atoms with Crippen molar-refractivity contribution in [1.82, 2.24) is 10.2 Å². The summed E-state index contributed by atoms with van der Waals surface area (Å²) < 4.78 is 0. The second-order valence-corrected chi connectivity index (χ2v) is 6.71. The van der Waals surface area contributed by atoms with Gasteiger partial charge in [-0.1, -0.05) is 42.5 Å². The molecule has 1 amide bonds. The monoisotopic (exact) mass is 324 g/mol. The number of carbonyl (C=O) groups is 1. The molecule has 1 N–H and O–H groups in total. The van der Waals surface area contributed by atoms with E-state index in [4.69, 9.17) is 0 Å². The molecule has 3 aromatic rings. The molecule has 0 spiro atoms. The van der Waals surface area contributed by atoms with E-state index in [1.165, 1.54) is 4.88 Å². The van der Waals surface area contributed by atoms with E-state index in [0.717, 1.165) is 16.3 Å². The average molecular weight is 324 g/mol. The molecule has 0 saturated heterocycles. The SMILES string of the molecule is CN(C)[C@H](CNC(=O)c1cccc2ccccc12)c1cccs1. The number of rotatable bonds is 5. The Morgan fingerprint density at radius 1 is 1.09 bits per heavy atom. The molecule has 1 heterocycles. The highest BCUT2D eigenvalue weighted by Gasteiger charge is 2.17. The summed E-state index contributed by atoms with van der Waals surface area (Å²) in [5, 5.41) is 7.23. The topological polar surface area (TPSA) is 32.3 Å². The van der Waals surface area contributed by atoms with Crippen molar-refractivity contribution in [1.29, 1.82) is 0 Å². The number of hydrogen-bond donors (Lipinski definition) is 1. The van der Waals surface area contributed by atoms with Crippen molar-refractivity contribution in [3.8, 4) is 0 Å². The summed E-state index contributed by atoms with van der Waals surface area (Å²) in [6.45, 7) is 0.593. The minimum Gasteiger partial charge on any atom is -0.350 e. The van der Waals surface area contributed by atoms with Gasteiger partial charge in [0.05, 0.1) is 6.04 Å². The van der Waals surface area contributed by atoms with Gasteiger partial charge in [-0.2, -0.15) is 0 Å². The van der Waals surface area contributed by atoms with E-state index in [0.29, 0.717) is 6.54 Å². The molecule has 1 aromatic heterocycles. The number of hydrogen-bond acceptors (Lipinski definition) is 3. The highest BCUT2D eigenvalue weighted by molar-refractivity contribution is 7.10. The van der Waals surface area contributed by atoms with Crippen LogP contribution in [0.1, 0.15) is 21.3 Å². The molecule has 0 aliphatic carbocycles. The highest BCUT2D eigenvalue weighted by Crippen LogP contribution is 2.23. The van der Waals surface area contributed by atoms with Crippen LogP contribution in [0.5, 0.6) is 0 Å². The van der Waals surface area contributed by atoms with Crippen molar-refractivity contribution in [3.63, 3.8) is 0 Å². The van der Waals surface area contributed by atoms with Crippen LogP contribution in [0.3, 0.4) is 0 Å². The molecular weight excluding hydrogens is 304 g/mol. The van der Waals surface area contributed by atoms with Crippen molar-refractivity contribution in [2.75, 3.05) is 20.6 Å². The van der Waals surface area contributed by atoms with Crippen LogP contribution >= 0.6 is 11.3 Å². The van der Waals surface area contributed by atoms with Gasteiger partial charge in [-0.15, -0.1) is 11.3 Å². The first-order chi connectivity index (χ1) is 11.2. The van der Waals surface area contributed by atoms with Crippen molar-refractivity contribution < 1.29 is 4.79 Å². The highest BCUT2D eigenvalue weighted by atomic mass is 32.1. The lowest BCUT2D eigenvalue weighted by molar-refractivity contribution is 0.0944. The molecule has 0 fully saturated rings. The van der Waals surface area contributed by atoms with E-state index in [1.807, 2.05) is 62.6 Å². The fourth-order valence-corrected chi connectivity index (χ4v) is 3.65. The number of benzene rings is 2. The predicted octanol–water partition coefficient (Wildman–Crippen LogP) is 3.93. The third-order valence-electron chi connectivity index (χ3n) is 3.99. The molecule has 0 unspecified atom stereocenters. The van der Waals surface area contributed by atoms with E-state index in [1.54, 1.807) is 11.3 Å². The van der Waals surface area contributed by atoms with Crippen molar-refractivity contribution >= 4 is 28.0 Å². The second kappa shape index (κ2) is 6.94. The normalized spacial score (nSPS) is 12.5. The van der Waals surface area contributed by atoms with Gasteiger partial charge in [0.15, 0.2) is 0 Å². The van der Waals surface area contributed by atoms with Crippen molar-refractivity contribution in [3.05, 3.63) is 70.4 Å². The number of fused-ring (bicyclic) bond motifs is 1. The Hall–Kier alpha value is -2.17. The molecule has 2 aromatic carbocycles. The zero-order valence-electron chi connectivity index (χ0n) is 13.3. The summed E-state index contributed by atoms with van der Waals surface area (Å²) in [4.78, 5) is 16.0. The number of nitrogens with one attached hydrogen (secondary N) is 1. The summed E-state index contributed by atoms with van der Waals surface area (Å²) in [5.41, 5.74) is 0.729. The molecule has 0 bridgehead atoms. The Labute approximate surface area is 140 Å². The Bertz CT molecular complexity index is 791.